The normalized spacial score (nSPS) is 10.8. The third-order valence-electron chi connectivity index (χ3n) is 4.80. The Balaban J connectivity index is 1.29. The minimum absolute atomic E-state index is 0.0997. The lowest BCUT2D eigenvalue weighted by atomic mass is 10.1. The highest BCUT2D eigenvalue weighted by Crippen LogP contribution is 2.24. The van der Waals surface area contributed by atoms with Crippen molar-refractivity contribution in [2.24, 2.45) is 0 Å². The van der Waals surface area contributed by atoms with Crippen LogP contribution in [0.3, 0.4) is 0 Å². The zero-order valence-corrected chi connectivity index (χ0v) is 18.4. The summed E-state index contributed by atoms with van der Waals surface area (Å²) in [6.45, 7) is 0. The van der Waals surface area contributed by atoms with Crippen molar-refractivity contribution in [1.29, 1.82) is 0 Å². The molecule has 0 aliphatic carbocycles. The molecule has 0 saturated heterocycles. The van der Waals surface area contributed by atoms with Gasteiger partial charge in [-0.05, 0) is 72.3 Å². The van der Waals surface area contributed by atoms with Crippen molar-refractivity contribution in [1.82, 2.24) is 0 Å². The van der Waals surface area contributed by atoms with Gasteiger partial charge in [0, 0.05) is 28.0 Å². The predicted molar refractivity (Wildman–Crippen MR) is 132 cm³/mol. The fraction of sp³-hybridized carbons (Fsp3) is 0.0370. The number of anilines is 2. The van der Waals surface area contributed by atoms with E-state index in [4.69, 9.17) is 16.0 Å². The Kier molecular flexibility index (Phi) is 7.03. The van der Waals surface area contributed by atoms with Gasteiger partial charge in [-0.1, -0.05) is 41.9 Å². The number of carbonyl (C=O) groups excluding carboxylic acids is 2. The molecule has 6 heteroatoms. The van der Waals surface area contributed by atoms with Crippen molar-refractivity contribution in [2.45, 2.75) is 6.42 Å². The van der Waals surface area contributed by atoms with Crippen LogP contribution in [0.1, 0.15) is 11.3 Å². The van der Waals surface area contributed by atoms with Gasteiger partial charge in [-0.15, -0.1) is 0 Å². The maximum atomic E-state index is 12.2. The highest BCUT2D eigenvalue weighted by Gasteiger charge is 2.06. The van der Waals surface area contributed by atoms with Crippen molar-refractivity contribution < 1.29 is 14.0 Å². The van der Waals surface area contributed by atoms with Crippen LogP contribution < -0.4 is 10.6 Å². The Hall–Kier alpha value is -4.09. The molecule has 0 aliphatic heterocycles. The lowest BCUT2D eigenvalue weighted by Gasteiger charge is -2.07. The molecule has 0 bridgehead atoms. The molecule has 0 spiro atoms. The molecule has 4 rings (SSSR count). The summed E-state index contributed by atoms with van der Waals surface area (Å²) in [5.74, 6) is 0.862. The number of hydrogen-bond donors (Lipinski definition) is 2. The quantitative estimate of drug-likeness (QED) is 0.314. The molecule has 0 fully saturated rings. The van der Waals surface area contributed by atoms with Gasteiger partial charge in [0.25, 0.3) is 0 Å². The van der Waals surface area contributed by atoms with Crippen molar-refractivity contribution >= 4 is 40.9 Å². The SMILES string of the molecule is O=C(C=Cc1ccc(-c2ccc(Cl)cc2)o1)Nc1ccc(NC(=O)Cc2ccccc2)cc1. The van der Waals surface area contributed by atoms with Crippen LogP contribution in [-0.4, -0.2) is 11.8 Å². The first-order valence-electron chi connectivity index (χ1n) is 10.3. The van der Waals surface area contributed by atoms with Crippen molar-refractivity contribution in [3.8, 4) is 11.3 Å². The minimum Gasteiger partial charge on any atom is -0.457 e. The van der Waals surface area contributed by atoms with Crippen LogP contribution in [0.4, 0.5) is 11.4 Å². The third-order valence-corrected chi connectivity index (χ3v) is 5.05. The van der Waals surface area contributed by atoms with E-state index < -0.39 is 0 Å². The molecule has 3 aromatic carbocycles. The molecule has 5 nitrogen and oxygen atoms in total. The van der Waals surface area contributed by atoms with Gasteiger partial charge in [0.2, 0.25) is 11.8 Å². The van der Waals surface area contributed by atoms with E-state index in [9.17, 15) is 9.59 Å². The first-order valence-corrected chi connectivity index (χ1v) is 10.7. The van der Waals surface area contributed by atoms with Crippen molar-refractivity contribution in [3.63, 3.8) is 0 Å². The lowest BCUT2D eigenvalue weighted by Crippen LogP contribution is -2.14. The topological polar surface area (TPSA) is 71.3 Å². The summed E-state index contributed by atoms with van der Waals surface area (Å²) in [4.78, 5) is 24.4. The second kappa shape index (κ2) is 10.5. The van der Waals surface area contributed by atoms with E-state index in [0.29, 0.717) is 34.3 Å². The molecule has 2 N–H and O–H groups in total. The number of rotatable bonds is 7. The summed E-state index contributed by atoms with van der Waals surface area (Å²) in [6, 6.07) is 27.4. The van der Waals surface area contributed by atoms with Gasteiger partial charge in [0.1, 0.15) is 11.5 Å². The molecule has 4 aromatic rings. The molecule has 1 aromatic heterocycles. The number of carbonyl (C=O) groups is 2. The Morgan fingerprint density at radius 2 is 1.45 bits per heavy atom. The average Bonchev–Trinajstić information content (AvgIpc) is 3.29. The summed E-state index contributed by atoms with van der Waals surface area (Å²) in [5, 5.41) is 6.29. The van der Waals surface area contributed by atoms with Crippen LogP contribution in [0.25, 0.3) is 17.4 Å². The van der Waals surface area contributed by atoms with Gasteiger partial charge in [-0.3, -0.25) is 9.59 Å². The smallest absolute Gasteiger partial charge is 0.248 e. The molecule has 0 radical (unpaired) electrons. The number of halogens is 1. The second-order valence-electron chi connectivity index (χ2n) is 7.32. The Labute approximate surface area is 196 Å². The van der Waals surface area contributed by atoms with E-state index in [1.807, 2.05) is 48.5 Å². The zero-order chi connectivity index (χ0) is 23.0. The monoisotopic (exact) mass is 456 g/mol. The summed E-state index contributed by atoms with van der Waals surface area (Å²) in [5.41, 5.74) is 3.13. The van der Waals surface area contributed by atoms with E-state index in [2.05, 4.69) is 10.6 Å². The van der Waals surface area contributed by atoms with E-state index in [1.54, 1.807) is 48.5 Å². The summed E-state index contributed by atoms with van der Waals surface area (Å²) < 4.78 is 5.76. The molecule has 0 atom stereocenters. The van der Waals surface area contributed by atoms with E-state index in [-0.39, 0.29) is 11.8 Å². The molecule has 0 unspecified atom stereocenters. The number of amides is 2. The van der Waals surface area contributed by atoms with Crippen LogP contribution in [0, 0.1) is 0 Å². The van der Waals surface area contributed by atoms with Crippen LogP contribution in [-0.2, 0) is 16.0 Å². The number of nitrogens with one attached hydrogen (secondary N) is 2. The first kappa shape index (κ1) is 22.1. The highest BCUT2D eigenvalue weighted by atomic mass is 35.5. The number of hydrogen-bond acceptors (Lipinski definition) is 3. The maximum absolute atomic E-state index is 12.2. The average molecular weight is 457 g/mol. The van der Waals surface area contributed by atoms with E-state index in [1.165, 1.54) is 6.08 Å². The third kappa shape index (κ3) is 6.45. The lowest BCUT2D eigenvalue weighted by molar-refractivity contribution is -0.115. The fourth-order valence-electron chi connectivity index (χ4n) is 3.18. The highest BCUT2D eigenvalue weighted by molar-refractivity contribution is 6.30. The summed E-state index contributed by atoms with van der Waals surface area (Å²) in [6.07, 6.45) is 3.31. The Morgan fingerprint density at radius 3 is 2.15 bits per heavy atom. The van der Waals surface area contributed by atoms with Gasteiger partial charge in [0.15, 0.2) is 0 Å². The van der Waals surface area contributed by atoms with Crippen LogP contribution in [0.2, 0.25) is 5.02 Å². The van der Waals surface area contributed by atoms with Gasteiger partial charge in [0.05, 0.1) is 6.42 Å². The molecule has 164 valence electrons. The minimum atomic E-state index is -0.291. The largest absolute Gasteiger partial charge is 0.457 e. The zero-order valence-electron chi connectivity index (χ0n) is 17.6. The Morgan fingerprint density at radius 1 is 0.788 bits per heavy atom. The van der Waals surface area contributed by atoms with Gasteiger partial charge >= 0.3 is 0 Å². The van der Waals surface area contributed by atoms with Crippen molar-refractivity contribution in [3.05, 3.63) is 113 Å². The molecule has 2 amide bonds. The molecular formula is C27H21ClN2O3. The second-order valence-corrected chi connectivity index (χ2v) is 7.76. The summed E-state index contributed by atoms with van der Waals surface area (Å²) in [7, 11) is 0. The van der Waals surface area contributed by atoms with Gasteiger partial charge in [-0.25, -0.2) is 0 Å². The molecule has 0 aliphatic rings. The molecule has 0 saturated carbocycles. The standard InChI is InChI=1S/C27H21ClN2O3/c28-21-8-6-20(7-9-21)25-16-14-24(33-25)15-17-26(31)29-22-10-12-23(13-11-22)30-27(32)18-19-4-2-1-3-5-19/h1-17H,18H2,(H,29,31)(H,30,32). The van der Waals surface area contributed by atoms with Crippen LogP contribution in [0.5, 0.6) is 0 Å². The maximum Gasteiger partial charge on any atom is 0.248 e. The van der Waals surface area contributed by atoms with E-state index in [0.717, 1.165) is 11.1 Å². The van der Waals surface area contributed by atoms with Crippen LogP contribution in [0.15, 0.2) is 101 Å². The van der Waals surface area contributed by atoms with E-state index >= 15 is 0 Å². The molecule has 1 heterocycles. The van der Waals surface area contributed by atoms with Crippen LogP contribution >= 0.6 is 11.6 Å². The van der Waals surface area contributed by atoms with Crippen molar-refractivity contribution in [2.75, 3.05) is 10.6 Å². The first-order chi connectivity index (χ1) is 16.0. The fourth-order valence-corrected chi connectivity index (χ4v) is 3.30. The number of furan rings is 1. The predicted octanol–water partition coefficient (Wildman–Crippen LogP) is 6.43. The van der Waals surface area contributed by atoms with Gasteiger partial charge < -0.3 is 15.1 Å². The van der Waals surface area contributed by atoms with Gasteiger partial charge in [-0.2, -0.15) is 0 Å². The Bertz CT molecular complexity index is 1260. The summed E-state index contributed by atoms with van der Waals surface area (Å²) >= 11 is 5.91. The number of benzene rings is 3. The molecule has 33 heavy (non-hydrogen) atoms. The molecular weight excluding hydrogens is 436 g/mol.